The summed E-state index contributed by atoms with van der Waals surface area (Å²) < 4.78 is 5.14. The summed E-state index contributed by atoms with van der Waals surface area (Å²) in [7, 11) is 1.67. The summed E-state index contributed by atoms with van der Waals surface area (Å²) in [5.41, 5.74) is 7.10. The van der Waals surface area contributed by atoms with Gasteiger partial charge in [-0.1, -0.05) is 18.6 Å². The molecule has 0 fully saturated rings. The highest BCUT2D eigenvalue weighted by atomic mass is 32.2. The molecule has 0 aliphatic rings. The van der Waals surface area contributed by atoms with Crippen molar-refractivity contribution in [2.24, 2.45) is 0 Å². The summed E-state index contributed by atoms with van der Waals surface area (Å²) in [4.78, 5) is 13.1. The lowest BCUT2D eigenvalue weighted by atomic mass is 10.2. The topological polar surface area (TPSA) is 64.3 Å². The normalized spacial score (nSPS) is 10.4. The SMILES string of the molecule is COc1ccc(SCCCCCC(=O)Nc2ccccc2N)cc1. The Morgan fingerprint density at radius 1 is 1.08 bits per heavy atom. The predicted octanol–water partition coefficient (Wildman–Crippen LogP) is 4.57. The molecule has 2 aromatic rings. The quantitative estimate of drug-likeness (QED) is 0.397. The van der Waals surface area contributed by atoms with E-state index in [9.17, 15) is 4.79 Å². The van der Waals surface area contributed by atoms with Crippen molar-refractivity contribution in [2.75, 3.05) is 23.9 Å². The van der Waals surface area contributed by atoms with E-state index < -0.39 is 0 Å². The molecule has 0 heterocycles. The Kier molecular flexibility index (Phi) is 7.49. The third kappa shape index (κ3) is 6.16. The number of nitrogens with two attached hydrogens (primary N) is 1. The van der Waals surface area contributed by atoms with Crippen LogP contribution in [0.4, 0.5) is 11.4 Å². The molecule has 0 bridgehead atoms. The van der Waals surface area contributed by atoms with Gasteiger partial charge in [-0.25, -0.2) is 0 Å². The molecule has 0 aliphatic heterocycles. The number of anilines is 2. The van der Waals surface area contributed by atoms with Crippen molar-refractivity contribution in [3.8, 4) is 5.75 Å². The van der Waals surface area contributed by atoms with Crippen molar-refractivity contribution < 1.29 is 9.53 Å². The number of amides is 1. The maximum absolute atomic E-state index is 11.9. The van der Waals surface area contributed by atoms with Gasteiger partial charge in [0.2, 0.25) is 5.91 Å². The third-order valence-electron chi connectivity index (χ3n) is 3.61. The summed E-state index contributed by atoms with van der Waals surface area (Å²) >= 11 is 1.83. The molecule has 0 spiro atoms. The number of para-hydroxylation sites is 2. The molecular formula is C19H24N2O2S. The van der Waals surface area contributed by atoms with E-state index in [0.29, 0.717) is 17.8 Å². The van der Waals surface area contributed by atoms with Crippen LogP contribution in [0.1, 0.15) is 25.7 Å². The van der Waals surface area contributed by atoms with Crippen LogP contribution in [-0.2, 0) is 4.79 Å². The number of hydrogen-bond acceptors (Lipinski definition) is 4. The van der Waals surface area contributed by atoms with Crippen LogP contribution >= 0.6 is 11.8 Å². The smallest absolute Gasteiger partial charge is 0.224 e. The van der Waals surface area contributed by atoms with Gasteiger partial charge in [-0.15, -0.1) is 11.8 Å². The molecule has 0 saturated heterocycles. The molecule has 0 atom stereocenters. The first-order valence-electron chi connectivity index (χ1n) is 8.10. The summed E-state index contributed by atoms with van der Waals surface area (Å²) in [6, 6.07) is 15.4. The standard InChI is InChI=1S/C19H24N2O2S/c1-23-15-10-12-16(13-11-15)24-14-6-2-3-9-19(22)21-18-8-5-4-7-17(18)20/h4-5,7-8,10-13H,2-3,6,9,14,20H2,1H3,(H,21,22). The Morgan fingerprint density at radius 3 is 2.54 bits per heavy atom. The van der Waals surface area contributed by atoms with Gasteiger partial charge in [-0.05, 0) is 55.0 Å². The van der Waals surface area contributed by atoms with Gasteiger partial charge in [0.15, 0.2) is 0 Å². The van der Waals surface area contributed by atoms with E-state index in [2.05, 4.69) is 17.4 Å². The first-order valence-corrected chi connectivity index (χ1v) is 9.09. The number of carbonyl (C=O) groups is 1. The molecule has 0 unspecified atom stereocenters. The Balaban J connectivity index is 1.57. The van der Waals surface area contributed by atoms with Crippen LogP contribution in [-0.4, -0.2) is 18.8 Å². The first kappa shape index (κ1) is 18.2. The maximum atomic E-state index is 11.9. The fraction of sp³-hybridized carbons (Fsp3) is 0.316. The van der Waals surface area contributed by atoms with Crippen molar-refractivity contribution in [3.05, 3.63) is 48.5 Å². The third-order valence-corrected chi connectivity index (χ3v) is 4.71. The van der Waals surface area contributed by atoms with Crippen LogP contribution in [0.15, 0.2) is 53.4 Å². The van der Waals surface area contributed by atoms with E-state index in [-0.39, 0.29) is 5.91 Å². The summed E-state index contributed by atoms with van der Waals surface area (Å²) in [6.07, 6.45) is 3.56. The van der Waals surface area contributed by atoms with Gasteiger partial charge < -0.3 is 15.8 Å². The molecule has 0 aliphatic carbocycles. The van der Waals surface area contributed by atoms with Crippen molar-refractivity contribution >= 4 is 29.0 Å². The zero-order valence-corrected chi connectivity index (χ0v) is 14.8. The minimum atomic E-state index is 0.0238. The Bertz CT molecular complexity index is 644. The van der Waals surface area contributed by atoms with E-state index in [4.69, 9.17) is 10.5 Å². The number of ether oxygens (including phenoxy) is 1. The second-order valence-electron chi connectivity index (χ2n) is 5.47. The zero-order valence-electron chi connectivity index (χ0n) is 14.0. The second-order valence-corrected chi connectivity index (χ2v) is 6.64. The van der Waals surface area contributed by atoms with Crippen LogP contribution in [0.2, 0.25) is 0 Å². The fourth-order valence-electron chi connectivity index (χ4n) is 2.25. The van der Waals surface area contributed by atoms with Gasteiger partial charge >= 0.3 is 0 Å². The number of hydrogen-bond donors (Lipinski definition) is 2. The number of methoxy groups -OCH3 is 1. The van der Waals surface area contributed by atoms with Crippen LogP contribution < -0.4 is 15.8 Å². The minimum absolute atomic E-state index is 0.0238. The molecule has 3 N–H and O–H groups in total. The van der Waals surface area contributed by atoms with Crippen LogP contribution in [0.5, 0.6) is 5.75 Å². The molecule has 0 radical (unpaired) electrons. The highest BCUT2D eigenvalue weighted by Crippen LogP contribution is 2.22. The summed E-state index contributed by atoms with van der Waals surface area (Å²) in [5, 5.41) is 2.86. The molecular weight excluding hydrogens is 320 g/mol. The number of nitrogen functional groups attached to an aromatic ring is 1. The Labute approximate surface area is 147 Å². The fourth-order valence-corrected chi connectivity index (χ4v) is 3.16. The lowest BCUT2D eigenvalue weighted by Gasteiger charge is -2.07. The van der Waals surface area contributed by atoms with Crippen molar-refractivity contribution in [1.82, 2.24) is 0 Å². The molecule has 2 rings (SSSR count). The number of rotatable bonds is 9. The first-order chi connectivity index (χ1) is 11.7. The van der Waals surface area contributed by atoms with E-state index in [1.807, 2.05) is 42.1 Å². The highest BCUT2D eigenvalue weighted by Gasteiger charge is 2.04. The molecule has 1 amide bonds. The van der Waals surface area contributed by atoms with E-state index in [0.717, 1.165) is 30.8 Å². The molecule has 24 heavy (non-hydrogen) atoms. The average Bonchev–Trinajstić information content (AvgIpc) is 2.60. The predicted molar refractivity (Wildman–Crippen MR) is 102 cm³/mol. The lowest BCUT2D eigenvalue weighted by molar-refractivity contribution is -0.116. The summed E-state index contributed by atoms with van der Waals surface area (Å²) in [5.74, 6) is 1.96. The van der Waals surface area contributed by atoms with Gasteiger partial charge in [0.25, 0.3) is 0 Å². The van der Waals surface area contributed by atoms with Gasteiger partial charge in [-0.3, -0.25) is 4.79 Å². The second kappa shape index (κ2) is 9.88. The summed E-state index contributed by atoms with van der Waals surface area (Å²) in [6.45, 7) is 0. The van der Waals surface area contributed by atoms with E-state index in [1.165, 1.54) is 4.90 Å². The molecule has 5 heteroatoms. The monoisotopic (exact) mass is 344 g/mol. The number of unbranched alkanes of at least 4 members (excludes halogenated alkanes) is 2. The van der Waals surface area contributed by atoms with Crippen molar-refractivity contribution in [1.29, 1.82) is 0 Å². The van der Waals surface area contributed by atoms with Crippen LogP contribution in [0.25, 0.3) is 0 Å². The minimum Gasteiger partial charge on any atom is -0.497 e. The number of nitrogens with one attached hydrogen (secondary N) is 1. The van der Waals surface area contributed by atoms with Gasteiger partial charge in [0.05, 0.1) is 18.5 Å². The van der Waals surface area contributed by atoms with Crippen LogP contribution in [0, 0.1) is 0 Å². The van der Waals surface area contributed by atoms with Gasteiger partial charge in [0, 0.05) is 11.3 Å². The number of thioether (sulfide) groups is 1. The average molecular weight is 344 g/mol. The number of carbonyl (C=O) groups excluding carboxylic acids is 1. The Morgan fingerprint density at radius 2 is 1.83 bits per heavy atom. The van der Waals surface area contributed by atoms with E-state index >= 15 is 0 Å². The van der Waals surface area contributed by atoms with Crippen LogP contribution in [0.3, 0.4) is 0 Å². The van der Waals surface area contributed by atoms with Crippen molar-refractivity contribution in [3.63, 3.8) is 0 Å². The molecule has 4 nitrogen and oxygen atoms in total. The molecule has 128 valence electrons. The Hall–Kier alpha value is -2.14. The molecule has 2 aromatic carbocycles. The maximum Gasteiger partial charge on any atom is 0.224 e. The number of benzene rings is 2. The van der Waals surface area contributed by atoms with Gasteiger partial charge in [-0.2, -0.15) is 0 Å². The van der Waals surface area contributed by atoms with Gasteiger partial charge in [0.1, 0.15) is 5.75 Å². The largest absolute Gasteiger partial charge is 0.497 e. The lowest BCUT2D eigenvalue weighted by Crippen LogP contribution is -2.12. The zero-order chi connectivity index (χ0) is 17.2. The highest BCUT2D eigenvalue weighted by molar-refractivity contribution is 7.99. The van der Waals surface area contributed by atoms with Crippen molar-refractivity contribution in [2.45, 2.75) is 30.6 Å². The molecule has 0 aromatic heterocycles. The molecule has 0 saturated carbocycles. The van der Waals surface area contributed by atoms with E-state index in [1.54, 1.807) is 13.2 Å².